The lowest BCUT2D eigenvalue weighted by molar-refractivity contribution is -0.385. The van der Waals surface area contributed by atoms with Crippen molar-refractivity contribution in [2.75, 3.05) is 18.6 Å². The Morgan fingerprint density at radius 1 is 1.26 bits per heavy atom. The van der Waals surface area contributed by atoms with Crippen LogP contribution < -0.4 is 14.4 Å². The summed E-state index contributed by atoms with van der Waals surface area (Å²) < 4.78 is 34.3. The summed E-state index contributed by atoms with van der Waals surface area (Å²) in [6, 6.07) is 8.45. The van der Waals surface area contributed by atoms with Crippen molar-refractivity contribution in [1.29, 1.82) is 0 Å². The van der Waals surface area contributed by atoms with Gasteiger partial charge in [0.15, 0.2) is 17.3 Å². The van der Waals surface area contributed by atoms with Crippen molar-refractivity contribution in [2.45, 2.75) is 19.5 Å². The third-order valence-corrected chi connectivity index (χ3v) is 4.66. The molecule has 0 spiro atoms. The van der Waals surface area contributed by atoms with Crippen molar-refractivity contribution in [1.82, 2.24) is 0 Å². The molecule has 0 N–H and O–H groups in total. The number of hydrogen-bond acceptors (Lipinski definition) is 6. The van der Waals surface area contributed by atoms with Crippen LogP contribution in [-0.2, 0) is 4.79 Å². The fraction of sp³-hybridized carbons (Fsp3) is 0.238. The summed E-state index contributed by atoms with van der Waals surface area (Å²) in [5.41, 5.74) is 0.336. The molecule has 0 aliphatic carbocycles. The standard InChI is InChI=1S/C21H18F2N2O6/c1-30-18-11-13(16(25(28)29)12-19(18)31-21(22)23)7-8-17(26)14-4-2-5-15(10-14)24-9-3-6-20(24)27/h2,4-5,7-8,10-12,21H,3,6,9H2,1H3/b8-7+. The summed E-state index contributed by atoms with van der Waals surface area (Å²) >= 11 is 0. The first kappa shape index (κ1) is 21.9. The Labute approximate surface area is 175 Å². The van der Waals surface area contributed by atoms with Crippen LogP contribution in [0.2, 0.25) is 0 Å². The van der Waals surface area contributed by atoms with Gasteiger partial charge in [-0.05, 0) is 36.8 Å². The van der Waals surface area contributed by atoms with Gasteiger partial charge in [0, 0.05) is 24.2 Å². The number of methoxy groups -OCH3 is 1. The van der Waals surface area contributed by atoms with Crippen molar-refractivity contribution in [3.05, 3.63) is 63.7 Å². The van der Waals surface area contributed by atoms with Crippen molar-refractivity contribution in [3.8, 4) is 11.5 Å². The largest absolute Gasteiger partial charge is 0.493 e. The third kappa shape index (κ3) is 5.03. The van der Waals surface area contributed by atoms with E-state index < -0.39 is 28.8 Å². The van der Waals surface area contributed by atoms with Gasteiger partial charge in [0.1, 0.15) is 0 Å². The van der Waals surface area contributed by atoms with E-state index in [0.29, 0.717) is 24.2 Å². The second kappa shape index (κ2) is 9.33. The molecule has 1 amide bonds. The van der Waals surface area contributed by atoms with Crippen LogP contribution in [0.4, 0.5) is 20.2 Å². The first-order valence-electron chi connectivity index (χ1n) is 9.24. The summed E-state index contributed by atoms with van der Waals surface area (Å²) in [4.78, 5) is 36.7. The first-order chi connectivity index (χ1) is 14.8. The molecule has 8 nitrogen and oxygen atoms in total. The minimum Gasteiger partial charge on any atom is -0.493 e. The zero-order valence-electron chi connectivity index (χ0n) is 16.4. The number of nitrogens with zero attached hydrogens (tertiary/aromatic N) is 2. The number of carbonyl (C=O) groups is 2. The Kier molecular flexibility index (Phi) is 6.58. The van der Waals surface area contributed by atoms with Crippen LogP contribution in [0.3, 0.4) is 0 Å². The molecule has 1 aliphatic heterocycles. The molecule has 1 saturated heterocycles. The number of ketones is 1. The van der Waals surface area contributed by atoms with Crippen LogP contribution in [0.25, 0.3) is 6.08 Å². The van der Waals surface area contributed by atoms with E-state index in [1.165, 1.54) is 13.2 Å². The second-order valence-electron chi connectivity index (χ2n) is 6.59. The number of hydrogen-bond donors (Lipinski definition) is 0. The quantitative estimate of drug-likeness (QED) is 0.268. The average molecular weight is 432 g/mol. The highest BCUT2D eigenvalue weighted by Crippen LogP contribution is 2.36. The van der Waals surface area contributed by atoms with Crippen LogP contribution in [0.15, 0.2) is 42.5 Å². The molecule has 0 atom stereocenters. The number of benzene rings is 2. The number of amides is 1. The summed E-state index contributed by atoms with van der Waals surface area (Å²) in [7, 11) is 1.20. The van der Waals surface area contributed by atoms with E-state index in [0.717, 1.165) is 24.6 Å². The lowest BCUT2D eigenvalue weighted by Gasteiger charge is -2.16. The maximum absolute atomic E-state index is 12.6. The van der Waals surface area contributed by atoms with Crippen molar-refractivity contribution in [2.24, 2.45) is 0 Å². The van der Waals surface area contributed by atoms with E-state index in [1.807, 2.05) is 0 Å². The Balaban J connectivity index is 1.89. The van der Waals surface area contributed by atoms with Crippen molar-refractivity contribution >= 4 is 29.1 Å². The molecule has 0 unspecified atom stereocenters. The molecule has 31 heavy (non-hydrogen) atoms. The van der Waals surface area contributed by atoms with Gasteiger partial charge in [-0.1, -0.05) is 12.1 Å². The SMILES string of the molecule is COc1cc(/C=C/C(=O)c2cccc(N3CCCC3=O)c2)c([N+](=O)[O-])cc1OC(F)F. The predicted molar refractivity (Wildman–Crippen MR) is 108 cm³/mol. The first-order valence-corrected chi connectivity index (χ1v) is 9.24. The van der Waals surface area contributed by atoms with Gasteiger partial charge < -0.3 is 14.4 Å². The molecule has 10 heteroatoms. The number of alkyl halides is 2. The highest BCUT2D eigenvalue weighted by Gasteiger charge is 2.23. The van der Waals surface area contributed by atoms with E-state index in [2.05, 4.69) is 4.74 Å². The molecule has 2 aromatic carbocycles. The van der Waals surface area contributed by atoms with E-state index in [9.17, 15) is 28.5 Å². The number of nitro benzene ring substituents is 1. The molecule has 0 aromatic heterocycles. The van der Waals surface area contributed by atoms with Gasteiger partial charge in [-0.25, -0.2) is 0 Å². The van der Waals surface area contributed by atoms with Crippen LogP contribution in [-0.4, -0.2) is 36.9 Å². The van der Waals surface area contributed by atoms with Crippen LogP contribution in [0.1, 0.15) is 28.8 Å². The molecular weight excluding hydrogens is 414 g/mol. The minimum atomic E-state index is -3.19. The topological polar surface area (TPSA) is 99.0 Å². The molecule has 162 valence electrons. The van der Waals surface area contributed by atoms with Crippen LogP contribution in [0, 0.1) is 10.1 Å². The van der Waals surface area contributed by atoms with Gasteiger partial charge in [-0.15, -0.1) is 0 Å². The van der Waals surface area contributed by atoms with Gasteiger partial charge in [-0.3, -0.25) is 19.7 Å². The Morgan fingerprint density at radius 2 is 2.03 bits per heavy atom. The number of anilines is 1. The van der Waals surface area contributed by atoms with Gasteiger partial charge in [-0.2, -0.15) is 8.78 Å². The minimum absolute atomic E-state index is 0.0195. The lowest BCUT2D eigenvalue weighted by Crippen LogP contribution is -2.23. The number of nitro groups is 1. The number of ether oxygens (including phenoxy) is 2. The number of rotatable bonds is 8. The summed E-state index contributed by atoms with van der Waals surface area (Å²) in [5.74, 6) is -1.10. The second-order valence-corrected chi connectivity index (χ2v) is 6.59. The molecule has 0 bridgehead atoms. The van der Waals surface area contributed by atoms with Crippen molar-refractivity contribution in [3.63, 3.8) is 0 Å². The fourth-order valence-electron chi connectivity index (χ4n) is 3.21. The van der Waals surface area contributed by atoms with Crippen molar-refractivity contribution < 1.29 is 32.8 Å². The van der Waals surface area contributed by atoms with Crippen LogP contribution >= 0.6 is 0 Å². The molecular formula is C21H18F2N2O6. The molecule has 0 radical (unpaired) electrons. The van der Waals surface area contributed by atoms with E-state index in [-0.39, 0.29) is 17.2 Å². The zero-order valence-corrected chi connectivity index (χ0v) is 16.4. The zero-order chi connectivity index (χ0) is 22.5. The number of carbonyl (C=O) groups excluding carboxylic acids is 2. The summed E-state index contributed by atoms with van der Waals surface area (Å²) in [6.07, 6.45) is 3.52. The van der Waals surface area contributed by atoms with Crippen LogP contribution in [0.5, 0.6) is 11.5 Å². The molecule has 2 aromatic rings. The highest BCUT2D eigenvalue weighted by atomic mass is 19.3. The highest BCUT2D eigenvalue weighted by molar-refractivity contribution is 6.08. The maximum atomic E-state index is 12.6. The molecule has 1 fully saturated rings. The lowest BCUT2D eigenvalue weighted by atomic mass is 10.1. The number of halogens is 2. The molecule has 1 aliphatic rings. The smallest absolute Gasteiger partial charge is 0.387 e. The maximum Gasteiger partial charge on any atom is 0.387 e. The third-order valence-electron chi connectivity index (χ3n) is 4.66. The van der Waals surface area contributed by atoms with Gasteiger partial charge in [0.05, 0.1) is 23.7 Å². The summed E-state index contributed by atoms with van der Waals surface area (Å²) in [6.45, 7) is -2.61. The van der Waals surface area contributed by atoms with E-state index >= 15 is 0 Å². The normalized spacial score (nSPS) is 13.8. The average Bonchev–Trinajstić information content (AvgIpc) is 3.17. The Morgan fingerprint density at radius 3 is 2.65 bits per heavy atom. The molecule has 3 rings (SSSR count). The molecule has 0 saturated carbocycles. The van der Waals surface area contributed by atoms with Gasteiger partial charge in [0.2, 0.25) is 5.91 Å². The van der Waals surface area contributed by atoms with E-state index in [4.69, 9.17) is 4.74 Å². The van der Waals surface area contributed by atoms with Gasteiger partial charge in [0.25, 0.3) is 5.69 Å². The number of allylic oxidation sites excluding steroid dienone is 1. The molecule has 1 heterocycles. The monoisotopic (exact) mass is 432 g/mol. The summed E-state index contributed by atoms with van der Waals surface area (Å²) in [5, 5.41) is 11.4. The Bertz CT molecular complexity index is 1050. The fourth-order valence-corrected chi connectivity index (χ4v) is 3.21. The van der Waals surface area contributed by atoms with E-state index in [1.54, 1.807) is 29.2 Å². The Hall–Kier alpha value is -3.82. The predicted octanol–water partition coefficient (Wildman–Crippen LogP) is 4.23. The van der Waals surface area contributed by atoms with Gasteiger partial charge >= 0.3 is 6.61 Å².